The normalized spacial score (nSPS) is 24.7. The van der Waals surface area contributed by atoms with Crippen LogP contribution in [0.15, 0.2) is 0 Å². The number of likely N-dealkylation sites (N-methyl/N-ethyl adjacent to an activating group) is 1. The Kier molecular flexibility index (Phi) is 6.05. The van der Waals surface area contributed by atoms with Gasteiger partial charge in [-0.1, -0.05) is 6.92 Å². The molecule has 1 heterocycles. The van der Waals surface area contributed by atoms with Gasteiger partial charge >= 0.3 is 5.97 Å². The predicted octanol–water partition coefficient (Wildman–Crippen LogP) is 0.940. The summed E-state index contributed by atoms with van der Waals surface area (Å²) in [6.07, 6.45) is 1.84. The van der Waals surface area contributed by atoms with Crippen molar-refractivity contribution in [2.75, 3.05) is 32.8 Å². The van der Waals surface area contributed by atoms with E-state index in [1.807, 2.05) is 6.92 Å². The minimum atomic E-state index is -0.799. The van der Waals surface area contributed by atoms with E-state index in [4.69, 9.17) is 4.74 Å². The van der Waals surface area contributed by atoms with Crippen molar-refractivity contribution < 1.29 is 14.6 Å². The average molecular weight is 258 g/mol. The Morgan fingerprint density at radius 1 is 1.61 bits per heavy atom. The van der Waals surface area contributed by atoms with Crippen molar-refractivity contribution in [2.24, 2.45) is 0 Å². The van der Waals surface area contributed by atoms with Crippen LogP contribution in [-0.2, 0) is 9.53 Å². The van der Waals surface area contributed by atoms with Gasteiger partial charge in [-0.2, -0.15) is 0 Å². The molecule has 0 aromatic carbocycles. The summed E-state index contributed by atoms with van der Waals surface area (Å²) in [7, 11) is 0. The molecule has 0 amide bonds. The van der Waals surface area contributed by atoms with Crippen LogP contribution in [-0.4, -0.2) is 60.4 Å². The molecular formula is C13H26N2O3. The Morgan fingerprint density at radius 2 is 2.33 bits per heavy atom. The fourth-order valence-electron chi connectivity index (χ4n) is 2.41. The standard InChI is InChI=1S/C13H26N2O3/c1-4-14-13(3,12(16)17)6-5-7-15-8-9-18-11(2)10-15/h11,14H,4-10H2,1-3H3,(H,16,17). The lowest BCUT2D eigenvalue weighted by atomic mass is 9.95. The lowest BCUT2D eigenvalue weighted by Crippen LogP contribution is -2.50. The predicted molar refractivity (Wildman–Crippen MR) is 70.8 cm³/mol. The first-order valence-corrected chi connectivity index (χ1v) is 6.80. The molecule has 0 spiro atoms. The van der Waals surface area contributed by atoms with Gasteiger partial charge in [0.25, 0.3) is 0 Å². The number of aliphatic carboxylic acids is 1. The van der Waals surface area contributed by atoms with Gasteiger partial charge in [-0.25, -0.2) is 0 Å². The maximum absolute atomic E-state index is 11.2. The van der Waals surface area contributed by atoms with Crippen LogP contribution in [0.5, 0.6) is 0 Å². The first-order chi connectivity index (χ1) is 8.48. The third kappa shape index (κ3) is 4.55. The second-order valence-electron chi connectivity index (χ2n) is 5.25. The molecule has 0 bridgehead atoms. The summed E-state index contributed by atoms with van der Waals surface area (Å²) in [5.74, 6) is -0.764. The summed E-state index contributed by atoms with van der Waals surface area (Å²) >= 11 is 0. The Bertz CT molecular complexity index is 273. The smallest absolute Gasteiger partial charge is 0.323 e. The zero-order valence-electron chi connectivity index (χ0n) is 11.7. The second kappa shape index (κ2) is 7.07. The molecule has 2 N–H and O–H groups in total. The first-order valence-electron chi connectivity index (χ1n) is 6.80. The van der Waals surface area contributed by atoms with Crippen LogP contribution in [0.25, 0.3) is 0 Å². The minimum absolute atomic E-state index is 0.290. The molecule has 1 rings (SSSR count). The van der Waals surface area contributed by atoms with Crippen LogP contribution in [0.3, 0.4) is 0 Å². The van der Waals surface area contributed by atoms with Crippen molar-refractivity contribution in [2.45, 2.75) is 45.3 Å². The van der Waals surface area contributed by atoms with Crippen LogP contribution in [0.1, 0.15) is 33.6 Å². The fourth-order valence-corrected chi connectivity index (χ4v) is 2.41. The van der Waals surface area contributed by atoms with Gasteiger partial charge < -0.3 is 15.2 Å². The van der Waals surface area contributed by atoms with Gasteiger partial charge in [-0.15, -0.1) is 0 Å². The summed E-state index contributed by atoms with van der Waals surface area (Å²) in [5, 5.41) is 12.3. The highest BCUT2D eigenvalue weighted by Crippen LogP contribution is 2.14. The van der Waals surface area contributed by atoms with Gasteiger partial charge in [-0.3, -0.25) is 9.69 Å². The van der Waals surface area contributed by atoms with Gasteiger partial charge in [0.05, 0.1) is 12.7 Å². The highest BCUT2D eigenvalue weighted by molar-refractivity contribution is 5.78. The van der Waals surface area contributed by atoms with Crippen molar-refractivity contribution in [3.05, 3.63) is 0 Å². The van der Waals surface area contributed by atoms with E-state index in [-0.39, 0.29) is 0 Å². The maximum atomic E-state index is 11.2. The zero-order chi connectivity index (χ0) is 13.6. The molecule has 1 fully saturated rings. The highest BCUT2D eigenvalue weighted by atomic mass is 16.5. The van der Waals surface area contributed by atoms with E-state index in [9.17, 15) is 9.90 Å². The Labute approximate surface area is 109 Å². The van der Waals surface area contributed by atoms with E-state index < -0.39 is 11.5 Å². The lowest BCUT2D eigenvalue weighted by molar-refractivity contribution is -0.144. The summed E-state index contributed by atoms with van der Waals surface area (Å²) in [4.78, 5) is 13.6. The molecule has 1 aliphatic heterocycles. The van der Waals surface area contributed by atoms with Crippen molar-refractivity contribution in [3.63, 3.8) is 0 Å². The summed E-state index contributed by atoms with van der Waals surface area (Å²) in [5.41, 5.74) is -0.799. The number of hydrogen-bond acceptors (Lipinski definition) is 4. The van der Waals surface area contributed by atoms with E-state index in [0.29, 0.717) is 19.1 Å². The van der Waals surface area contributed by atoms with Crippen molar-refractivity contribution in [3.8, 4) is 0 Å². The van der Waals surface area contributed by atoms with Crippen LogP contribution < -0.4 is 5.32 Å². The molecule has 2 unspecified atom stereocenters. The lowest BCUT2D eigenvalue weighted by Gasteiger charge is -2.32. The second-order valence-corrected chi connectivity index (χ2v) is 5.25. The molecule has 0 aliphatic carbocycles. The maximum Gasteiger partial charge on any atom is 0.323 e. The van der Waals surface area contributed by atoms with Gasteiger partial charge in [-0.05, 0) is 39.8 Å². The third-order valence-corrected chi connectivity index (χ3v) is 3.52. The van der Waals surface area contributed by atoms with Crippen molar-refractivity contribution in [1.29, 1.82) is 0 Å². The molecule has 5 nitrogen and oxygen atoms in total. The molecule has 18 heavy (non-hydrogen) atoms. The monoisotopic (exact) mass is 258 g/mol. The van der Waals surface area contributed by atoms with Gasteiger partial charge in [0.15, 0.2) is 0 Å². The van der Waals surface area contributed by atoms with Gasteiger partial charge in [0.1, 0.15) is 5.54 Å². The number of nitrogens with zero attached hydrogens (tertiary/aromatic N) is 1. The van der Waals surface area contributed by atoms with Crippen LogP contribution in [0, 0.1) is 0 Å². The van der Waals surface area contributed by atoms with Gasteiger partial charge in [0, 0.05) is 13.1 Å². The number of nitrogens with one attached hydrogen (secondary N) is 1. The number of carboxylic acids is 1. The number of carbonyl (C=O) groups is 1. The molecule has 2 atom stereocenters. The van der Waals surface area contributed by atoms with E-state index in [1.165, 1.54) is 0 Å². The molecule has 5 heteroatoms. The van der Waals surface area contributed by atoms with Crippen molar-refractivity contribution >= 4 is 5.97 Å². The minimum Gasteiger partial charge on any atom is -0.480 e. The van der Waals surface area contributed by atoms with E-state index in [1.54, 1.807) is 6.92 Å². The Balaban J connectivity index is 2.32. The van der Waals surface area contributed by atoms with Crippen LogP contribution in [0.2, 0.25) is 0 Å². The van der Waals surface area contributed by atoms with E-state index in [2.05, 4.69) is 17.1 Å². The number of rotatable bonds is 7. The largest absolute Gasteiger partial charge is 0.480 e. The molecule has 0 aromatic heterocycles. The summed E-state index contributed by atoms with van der Waals surface area (Å²) < 4.78 is 5.48. The molecule has 1 aliphatic rings. The summed E-state index contributed by atoms with van der Waals surface area (Å²) in [6.45, 7) is 10.1. The van der Waals surface area contributed by atoms with Crippen LogP contribution >= 0.6 is 0 Å². The zero-order valence-corrected chi connectivity index (χ0v) is 11.7. The van der Waals surface area contributed by atoms with Crippen LogP contribution in [0.4, 0.5) is 0 Å². The number of carboxylic acid groups (broad SMARTS) is 1. The van der Waals surface area contributed by atoms with E-state index in [0.717, 1.165) is 32.7 Å². The number of morpholine rings is 1. The Morgan fingerprint density at radius 3 is 2.89 bits per heavy atom. The average Bonchev–Trinajstić information content (AvgIpc) is 2.29. The molecule has 1 saturated heterocycles. The Hall–Kier alpha value is -0.650. The SMILES string of the molecule is CCNC(C)(CCCN1CCOC(C)C1)C(=O)O. The quantitative estimate of drug-likeness (QED) is 0.711. The third-order valence-electron chi connectivity index (χ3n) is 3.52. The molecule has 0 aromatic rings. The van der Waals surface area contributed by atoms with Gasteiger partial charge in [0.2, 0.25) is 0 Å². The molecular weight excluding hydrogens is 232 g/mol. The molecule has 0 radical (unpaired) electrons. The topological polar surface area (TPSA) is 61.8 Å². The van der Waals surface area contributed by atoms with Crippen molar-refractivity contribution in [1.82, 2.24) is 10.2 Å². The highest BCUT2D eigenvalue weighted by Gasteiger charge is 2.31. The van der Waals surface area contributed by atoms with E-state index >= 15 is 0 Å². The molecule has 0 saturated carbocycles. The number of ether oxygens (including phenoxy) is 1. The fraction of sp³-hybridized carbons (Fsp3) is 0.923. The summed E-state index contributed by atoms with van der Waals surface area (Å²) in [6, 6.07) is 0. The molecule has 106 valence electrons. The number of hydrogen-bond donors (Lipinski definition) is 2. The first kappa shape index (κ1) is 15.4.